The summed E-state index contributed by atoms with van der Waals surface area (Å²) in [5, 5.41) is 2.97. The van der Waals surface area contributed by atoms with Gasteiger partial charge in [0.1, 0.15) is 11.5 Å². The van der Waals surface area contributed by atoms with Gasteiger partial charge in [-0.25, -0.2) is 8.42 Å². The molecule has 0 saturated heterocycles. The average molecular weight is 379 g/mol. The molecule has 1 aromatic rings. The minimum Gasteiger partial charge on any atom is -0.495 e. The van der Waals surface area contributed by atoms with E-state index < -0.39 is 15.9 Å². The van der Waals surface area contributed by atoms with E-state index in [1.807, 2.05) is 6.92 Å². The quantitative estimate of drug-likeness (QED) is 0.750. The Morgan fingerprint density at radius 1 is 1.29 bits per heavy atom. The van der Waals surface area contributed by atoms with E-state index in [9.17, 15) is 13.2 Å². The van der Waals surface area contributed by atoms with Crippen molar-refractivity contribution in [1.82, 2.24) is 4.31 Å². The number of hydrogen-bond donors (Lipinski definition) is 1. The molecule has 0 aliphatic heterocycles. The van der Waals surface area contributed by atoms with Crippen LogP contribution < -0.4 is 14.8 Å². The van der Waals surface area contributed by atoms with Crippen LogP contribution in [0.4, 0.5) is 5.69 Å². The standard InChI is InChI=1S/C15H23ClN2O5S/c1-6-10(2)18(24(5,20)21)9-15(19)17-12-8-13(22-3)11(16)7-14(12)23-4/h7-8,10H,6,9H2,1-5H3,(H,17,19). The fourth-order valence-electron chi connectivity index (χ4n) is 2.09. The molecule has 0 heterocycles. The van der Waals surface area contributed by atoms with Crippen LogP contribution in [0.5, 0.6) is 11.5 Å². The molecule has 9 heteroatoms. The van der Waals surface area contributed by atoms with E-state index >= 15 is 0 Å². The van der Waals surface area contributed by atoms with Gasteiger partial charge in [-0.05, 0) is 13.3 Å². The number of ether oxygens (including phenoxy) is 2. The summed E-state index contributed by atoms with van der Waals surface area (Å²) in [6.45, 7) is 3.32. The zero-order valence-electron chi connectivity index (χ0n) is 14.4. The molecule has 0 bridgehead atoms. The Hall–Kier alpha value is -1.51. The second-order valence-corrected chi connectivity index (χ2v) is 7.64. The Bertz CT molecular complexity index is 693. The Kier molecular flexibility index (Phi) is 7.31. The van der Waals surface area contributed by atoms with Crippen LogP contribution in [-0.4, -0.2) is 51.7 Å². The van der Waals surface area contributed by atoms with Gasteiger partial charge in [-0.2, -0.15) is 4.31 Å². The largest absolute Gasteiger partial charge is 0.495 e. The van der Waals surface area contributed by atoms with Crippen molar-refractivity contribution in [2.75, 3.05) is 32.3 Å². The molecule has 1 atom stereocenters. The maximum atomic E-state index is 12.3. The lowest BCUT2D eigenvalue weighted by Gasteiger charge is -2.25. The summed E-state index contributed by atoms with van der Waals surface area (Å²) in [4.78, 5) is 12.3. The Labute approximate surface area is 147 Å². The predicted octanol–water partition coefficient (Wildman–Crippen LogP) is 2.36. The van der Waals surface area contributed by atoms with Crippen LogP contribution in [0, 0.1) is 0 Å². The van der Waals surface area contributed by atoms with Gasteiger partial charge in [0, 0.05) is 18.2 Å². The van der Waals surface area contributed by atoms with Gasteiger partial charge in [0.2, 0.25) is 15.9 Å². The third-order valence-electron chi connectivity index (χ3n) is 3.56. The number of carbonyl (C=O) groups is 1. The lowest BCUT2D eigenvalue weighted by atomic mass is 10.2. The zero-order chi connectivity index (χ0) is 18.5. The van der Waals surface area contributed by atoms with Crippen LogP contribution >= 0.6 is 11.6 Å². The Balaban J connectivity index is 3.02. The number of carbonyl (C=O) groups excluding carboxylic acids is 1. The molecule has 0 aliphatic rings. The van der Waals surface area contributed by atoms with Crippen LogP contribution in [0.1, 0.15) is 20.3 Å². The number of halogens is 1. The van der Waals surface area contributed by atoms with Gasteiger partial charge in [-0.15, -0.1) is 0 Å². The van der Waals surface area contributed by atoms with Crippen molar-refractivity contribution in [1.29, 1.82) is 0 Å². The fourth-order valence-corrected chi connectivity index (χ4v) is 3.48. The molecule has 0 saturated carbocycles. The average Bonchev–Trinajstić information content (AvgIpc) is 2.51. The van der Waals surface area contributed by atoms with Crippen LogP contribution in [0.2, 0.25) is 5.02 Å². The molecule has 1 rings (SSSR count). The monoisotopic (exact) mass is 378 g/mol. The first-order valence-corrected chi connectivity index (χ1v) is 9.54. The molecule has 7 nitrogen and oxygen atoms in total. The van der Waals surface area contributed by atoms with E-state index in [1.165, 1.54) is 26.4 Å². The summed E-state index contributed by atoms with van der Waals surface area (Å²) in [5.41, 5.74) is 0.348. The molecule has 1 unspecified atom stereocenters. The molecule has 1 N–H and O–H groups in total. The zero-order valence-corrected chi connectivity index (χ0v) is 16.0. The predicted molar refractivity (Wildman–Crippen MR) is 94.5 cm³/mol. The van der Waals surface area contributed by atoms with E-state index in [4.69, 9.17) is 21.1 Å². The molecule has 0 fully saturated rings. The number of benzene rings is 1. The first-order valence-electron chi connectivity index (χ1n) is 7.32. The van der Waals surface area contributed by atoms with Gasteiger partial charge in [-0.3, -0.25) is 4.79 Å². The number of sulfonamides is 1. The second kappa shape index (κ2) is 8.55. The van der Waals surface area contributed by atoms with Gasteiger partial charge in [0.05, 0.1) is 37.7 Å². The maximum Gasteiger partial charge on any atom is 0.239 e. The molecular formula is C15H23ClN2O5S. The van der Waals surface area contributed by atoms with E-state index in [-0.39, 0.29) is 12.6 Å². The molecular weight excluding hydrogens is 356 g/mol. The van der Waals surface area contributed by atoms with Crippen molar-refractivity contribution < 1.29 is 22.7 Å². The number of anilines is 1. The van der Waals surface area contributed by atoms with Crippen LogP contribution in [0.25, 0.3) is 0 Å². The first kappa shape index (κ1) is 20.5. The van der Waals surface area contributed by atoms with Gasteiger partial charge in [0.25, 0.3) is 0 Å². The number of amides is 1. The van der Waals surface area contributed by atoms with Crippen molar-refractivity contribution in [3.63, 3.8) is 0 Å². The summed E-state index contributed by atoms with van der Waals surface area (Å²) in [7, 11) is -0.611. The van der Waals surface area contributed by atoms with Crippen LogP contribution in [0.15, 0.2) is 12.1 Å². The minimum atomic E-state index is -3.50. The highest BCUT2D eigenvalue weighted by atomic mass is 35.5. The summed E-state index contributed by atoms with van der Waals surface area (Å²) < 4.78 is 35.2. The smallest absolute Gasteiger partial charge is 0.239 e. The molecule has 136 valence electrons. The third-order valence-corrected chi connectivity index (χ3v) is 5.19. The highest BCUT2D eigenvalue weighted by Crippen LogP contribution is 2.35. The molecule has 1 aromatic carbocycles. The van der Waals surface area contributed by atoms with Gasteiger partial charge in [0.15, 0.2) is 0 Å². The summed E-state index contributed by atoms with van der Waals surface area (Å²) in [5.74, 6) is 0.238. The van der Waals surface area contributed by atoms with Gasteiger partial charge >= 0.3 is 0 Å². The number of rotatable bonds is 8. The molecule has 24 heavy (non-hydrogen) atoms. The van der Waals surface area contributed by atoms with Gasteiger partial charge < -0.3 is 14.8 Å². The van der Waals surface area contributed by atoms with E-state index in [1.54, 1.807) is 6.92 Å². The highest BCUT2D eigenvalue weighted by molar-refractivity contribution is 7.88. The number of nitrogens with zero attached hydrogens (tertiary/aromatic N) is 1. The van der Waals surface area contributed by atoms with Crippen LogP contribution in [0.3, 0.4) is 0 Å². The lowest BCUT2D eigenvalue weighted by molar-refractivity contribution is -0.116. The Morgan fingerprint density at radius 2 is 1.88 bits per heavy atom. The second-order valence-electron chi connectivity index (χ2n) is 5.30. The van der Waals surface area contributed by atoms with Crippen molar-refractivity contribution in [2.24, 2.45) is 0 Å². The topological polar surface area (TPSA) is 84.9 Å². The lowest BCUT2D eigenvalue weighted by Crippen LogP contribution is -2.42. The maximum absolute atomic E-state index is 12.3. The number of methoxy groups -OCH3 is 2. The molecule has 1 amide bonds. The Morgan fingerprint density at radius 3 is 2.33 bits per heavy atom. The SMILES string of the molecule is CCC(C)N(CC(=O)Nc1cc(OC)c(Cl)cc1OC)S(C)(=O)=O. The molecule has 0 radical (unpaired) electrons. The summed E-state index contributed by atoms with van der Waals surface area (Å²) in [6, 6.07) is 2.75. The summed E-state index contributed by atoms with van der Waals surface area (Å²) in [6.07, 6.45) is 1.68. The third kappa shape index (κ3) is 5.25. The van der Waals surface area contributed by atoms with Crippen molar-refractivity contribution >= 4 is 33.2 Å². The van der Waals surface area contributed by atoms with E-state index in [0.29, 0.717) is 28.6 Å². The van der Waals surface area contributed by atoms with E-state index in [2.05, 4.69) is 5.32 Å². The number of nitrogens with one attached hydrogen (secondary N) is 1. The number of hydrogen-bond acceptors (Lipinski definition) is 5. The summed E-state index contributed by atoms with van der Waals surface area (Å²) >= 11 is 6.02. The van der Waals surface area contributed by atoms with Crippen molar-refractivity contribution in [3.8, 4) is 11.5 Å². The van der Waals surface area contributed by atoms with E-state index in [0.717, 1.165) is 10.6 Å². The fraction of sp³-hybridized carbons (Fsp3) is 0.533. The molecule has 0 aliphatic carbocycles. The molecule has 0 spiro atoms. The first-order chi connectivity index (χ1) is 11.1. The van der Waals surface area contributed by atoms with Gasteiger partial charge in [-0.1, -0.05) is 18.5 Å². The molecule has 0 aromatic heterocycles. The van der Waals surface area contributed by atoms with Crippen molar-refractivity contribution in [3.05, 3.63) is 17.2 Å². The van der Waals surface area contributed by atoms with Crippen molar-refractivity contribution in [2.45, 2.75) is 26.3 Å². The van der Waals surface area contributed by atoms with Crippen LogP contribution in [-0.2, 0) is 14.8 Å². The minimum absolute atomic E-state index is 0.285. The normalized spacial score (nSPS) is 12.8. The highest BCUT2D eigenvalue weighted by Gasteiger charge is 2.25.